The minimum atomic E-state index is -4.55. The van der Waals surface area contributed by atoms with Crippen molar-refractivity contribution in [1.82, 2.24) is 9.88 Å². The van der Waals surface area contributed by atoms with E-state index in [1.807, 2.05) is 6.92 Å². The fourth-order valence-corrected chi connectivity index (χ4v) is 4.16. The number of carbonyl (C=O) groups is 2. The molecule has 1 fully saturated rings. The molecule has 1 N–H and O–H groups in total. The fourth-order valence-electron chi connectivity index (χ4n) is 3.92. The highest BCUT2D eigenvalue weighted by atomic mass is 79.9. The van der Waals surface area contributed by atoms with E-state index in [9.17, 15) is 27.9 Å². The second-order valence-corrected chi connectivity index (χ2v) is 8.73. The van der Waals surface area contributed by atoms with Gasteiger partial charge in [-0.2, -0.15) is 13.2 Å². The SMILES string of the molecule is Cc1cc(/C(O)=C2\C(=O)C(=O)N(Cc3cccc(C(F)(F)F)c3)C2c2cccnc2)ccc1Br. The van der Waals surface area contributed by atoms with Crippen LogP contribution in [-0.2, 0) is 22.3 Å². The number of carbonyl (C=O) groups excluding carboxylic acids is 2. The Morgan fingerprint density at radius 3 is 2.53 bits per heavy atom. The Labute approximate surface area is 201 Å². The number of aromatic nitrogens is 1. The van der Waals surface area contributed by atoms with E-state index in [1.54, 1.807) is 30.3 Å². The minimum Gasteiger partial charge on any atom is -0.507 e. The minimum absolute atomic E-state index is 0.147. The number of alkyl halides is 3. The number of hydrogen-bond acceptors (Lipinski definition) is 4. The molecule has 174 valence electrons. The highest BCUT2D eigenvalue weighted by Crippen LogP contribution is 2.40. The van der Waals surface area contributed by atoms with Gasteiger partial charge in [0, 0.05) is 29.0 Å². The first-order valence-corrected chi connectivity index (χ1v) is 11.0. The largest absolute Gasteiger partial charge is 0.507 e. The molecule has 9 heteroatoms. The zero-order valence-electron chi connectivity index (χ0n) is 17.8. The Kier molecular flexibility index (Phi) is 6.31. The molecular weight excluding hydrogens is 513 g/mol. The summed E-state index contributed by atoms with van der Waals surface area (Å²) in [5, 5.41) is 11.1. The van der Waals surface area contributed by atoms with Crippen molar-refractivity contribution in [2.75, 3.05) is 0 Å². The summed E-state index contributed by atoms with van der Waals surface area (Å²) in [4.78, 5) is 31.3. The lowest BCUT2D eigenvalue weighted by molar-refractivity contribution is -0.140. The number of nitrogens with zero attached hydrogens (tertiary/aromatic N) is 2. The summed E-state index contributed by atoms with van der Waals surface area (Å²) in [7, 11) is 0. The summed E-state index contributed by atoms with van der Waals surface area (Å²) in [6.45, 7) is 1.55. The highest BCUT2D eigenvalue weighted by molar-refractivity contribution is 9.10. The number of halogens is 4. The van der Waals surface area contributed by atoms with Gasteiger partial charge in [0.05, 0.1) is 17.2 Å². The Balaban J connectivity index is 1.83. The number of rotatable bonds is 4. The fraction of sp³-hybridized carbons (Fsp3) is 0.160. The molecule has 0 radical (unpaired) electrons. The second kappa shape index (κ2) is 9.06. The summed E-state index contributed by atoms with van der Waals surface area (Å²) in [6, 6.07) is 11.8. The van der Waals surface area contributed by atoms with Crippen LogP contribution in [0.2, 0.25) is 0 Å². The Bertz CT molecular complexity index is 1310. The second-order valence-electron chi connectivity index (χ2n) is 7.88. The third kappa shape index (κ3) is 4.48. The first-order valence-electron chi connectivity index (χ1n) is 10.2. The average Bonchev–Trinajstić information content (AvgIpc) is 3.05. The number of Topliss-reactive ketones (excluding diaryl/α,β-unsaturated/α-hetero) is 1. The molecule has 34 heavy (non-hydrogen) atoms. The summed E-state index contributed by atoms with van der Waals surface area (Å²) in [5.74, 6) is -2.20. The number of amides is 1. The highest BCUT2D eigenvalue weighted by Gasteiger charge is 2.46. The van der Waals surface area contributed by atoms with E-state index >= 15 is 0 Å². The lowest BCUT2D eigenvalue weighted by Gasteiger charge is -2.25. The Morgan fingerprint density at radius 1 is 1.12 bits per heavy atom. The lowest BCUT2D eigenvalue weighted by atomic mass is 9.95. The molecule has 0 bridgehead atoms. The zero-order valence-corrected chi connectivity index (χ0v) is 19.4. The molecule has 1 amide bonds. The molecule has 2 aromatic carbocycles. The Morgan fingerprint density at radius 2 is 1.88 bits per heavy atom. The van der Waals surface area contributed by atoms with E-state index in [0.717, 1.165) is 27.1 Å². The maximum Gasteiger partial charge on any atom is 0.416 e. The van der Waals surface area contributed by atoms with Crippen molar-refractivity contribution >= 4 is 33.4 Å². The number of ketones is 1. The van der Waals surface area contributed by atoms with Crippen LogP contribution in [0.25, 0.3) is 5.76 Å². The molecule has 0 saturated carbocycles. The van der Waals surface area contributed by atoms with E-state index in [2.05, 4.69) is 20.9 Å². The summed E-state index contributed by atoms with van der Waals surface area (Å²) >= 11 is 3.38. The van der Waals surface area contributed by atoms with Gasteiger partial charge in [0.25, 0.3) is 11.7 Å². The first kappa shape index (κ1) is 23.7. The van der Waals surface area contributed by atoms with Crippen LogP contribution in [0.4, 0.5) is 13.2 Å². The van der Waals surface area contributed by atoms with Gasteiger partial charge in [0.15, 0.2) is 0 Å². The monoisotopic (exact) mass is 530 g/mol. The van der Waals surface area contributed by atoms with Crippen molar-refractivity contribution in [3.63, 3.8) is 0 Å². The molecule has 1 saturated heterocycles. The normalized spacial score (nSPS) is 17.9. The van der Waals surface area contributed by atoms with Gasteiger partial charge in [-0.15, -0.1) is 0 Å². The van der Waals surface area contributed by atoms with Crippen molar-refractivity contribution in [2.24, 2.45) is 0 Å². The Hall–Kier alpha value is -3.46. The molecule has 1 atom stereocenters. The van der Waals surface area contributed by atoms with E-state index in [-0.39, 0.29) is 23.4 Å². The van der Waals surface area contributed by atoms with Crippen molar-refractivity contribution in [2.45, 2.75) is 25.7 Å². The number of likely N-dealkylation sites (tertiary alicyclic amines) is 1. The van der Waals surface area contributed by atoms with Crippen molar-refractivity contribution in [3.05, 3.63) is 105 Å². The molecule has 1 aliphatic heterocycles. The molecule has 1 aromatic heterocycles. The van der Waals surface area contributed by atoms with Gasteiger partial charge in [-0.1, -0.05) is 40.2 Å². The molecule has 1 aliphatic rings. The van der Waals surface area contributed by atoms with Gasteiger partial charge in [0.2, 0.25) is 0 Å². The zero-order chi connectivity index (χ0) is 24.6. The van der Waals surface area contributed by atoms with Crippen LogP contribution in [0.15, 0.2) is 77.0 Å². The van der Waals surface area contributed by atoms with Crippen LogP contribution in [-0.4, -0.2) is 26.7 Å². The smallest absolute Gasteiger partial charge is 0.416 e. The maximum atomic E-state index is 13.2. The van der Waals surface area contributed by atoms with Crippen LogP contribution >= 0.6 is 15.9 Å². The van der Waals surface area contributed by atoms with Gasteiger partial charge in [-0.3, -0.25) is 14.6 Å². The van der Waals surface area contributed by atoms with Crippen LogP contribution in [0.5, 0.6) is 0 Å². The van der Waals surface area contributed by atoms with Crippen LogP contribution in [0, 0.1) is 6.92 Å². The van der Waals surface area contributed by atoms with Crippen LogP contribution in [0.1, 0.15) is 33.9 Å². The van der Waals surface area contributed by atoms with Gasteiger partial charge < -0.3 is 10.0 Å². The number of aliphatic hydroxyl groups excluding tert-OH is 1. The van der Waals surface area contributed by atoms with Gasteiger partial charge in [-0.25, -0.2) is 0 Å². The number of hydrogen-bond donors (Lipinski definition) is 1. The molecule has 2 heterocycles. The van der Waals surface area contributed by atoms with Crippen LogP contribution < -0.4 is 0 Å². The third-order valence-corrected chi connectivity index (χ3v) is 6.47. The molecule has 4 rings (SSSR count). The van der Waals surface area contributed by atoms with E-state index in [0.29, 0.717) is 11.1 Å². The predicted molar refractivity (Wildman–Crippen MR) is 122 cm³/mol. The molecule has 0 aliphatic carbocycles. The van der Waals surface area contributed by atoms with Crippen molar-refractivity contribution in [3.8, 4) is 0 Å². The molecule has 0 spiro atoms. The predicted octanol–water partition coefficient (Wildman–Crippen LogP) is 5.79. The van der Waals surface area contributed by atoms with Crippen molar-refractivity contribution < 1.29 is 27.9 Å². The van der Waals surface area contributed by atoms with Gasteiger partial charge in [-0.05, 0) is 53.9 Å². The van der Waals surface area contributed by atoms with Gasteiger partial charge >= 0.3 is 6.18 Å². The van der Waals surface area contributed by atoms with Crippen LogP contribution in [0.3, 0.4) is 0 Å². The molecule has 1 unspecified atom stereocenters. The lowest BCUT2D eigenvalue weighted by Crippen LogP contribution is -2.29. The van der Waals surface area contributed by atoms with E-state index in [4.69, 9.17) is 0 Å². The number of pyridine rings is 1. The van der Waals surface area contributed by atoms with Crippen molar-refractivity contribution in [1.29, 1.82) is 0 Å². The number of aryl methyl sites for hydroxylation is 1. The number of aliphatic hydroxyl groups is 1. The average molecular weight is 531 g/mol. The quantitative estimate of drug-likeness (QED) is 0.263. The van der Waals surface area contributed by atoms with E-state index < -0.39 is 29.5 Å². The summed E-state index contributed by atoms with van der Waals surface area (Å²) in [6.07, 6.45) is -1.58. The molecule has 3 aromatic rings. The van der Waals surface area contributed by atoms with E-state index in [1.165, 1.54) is 24.5 Å². The molecular formula is C25H18BrF3N2O3. The summed E-state index contributed by atoms with van der Waals surface area (Å²) < 4.78 is 40.4. The third-order valence-electron chi connectivity index (χ3n) is 5.58. The topological polar surface area (TPSA) is 70.5 Å². The molecule has 5 nitrogen and oxygen atoms in total. The standard InChI is InChI=1S/C25H18BrF3N2O3/c1-14-10-16(7-8-19(14)26)22(32)20-21(17-5-3-9-30-12-17)31(24(34)23(20)33)13-15-4-2-6-18(11-15)25(27,28)29/h2-12,21,32H,13H2,1H3/b22-20+. The number of benzene rings is 2. The van der Waals surface area contributed by atoms with Gasteiger partial charge in [0.1, 0.15) is 5.76 Å². The first-order chi connectivity index (χ1) is 16.1. The maximum absolute atomic E-state index is 13.2. The summed E-state index contributed by atoms with van der Waals surface area (Å²) in [5.41, 5.74) is 0.789.